The summed E-state index contributed by atoms with van der Waals surface area (Å²) >= 11 is 0. The van der Waals surface area contributed by atoms with Gasteiger partial charge in [-0.05, 0) is 54.5 Å². The Labute approximate surface area is 144 Å². The van der Waals surface area contributed by atoms with Gasteiger partial charge in [0.25, 0.3) is 0 Å². The first kappa shape index (κ1) is 17.5. The molecule has 0 bridgehead atoms. The maximum atomic E-state index is 12.3. The van der Waals surface area contributed by atoms with Gasteiger partial charge in [0.05, 0.1) is 20.4 Å². The summed E-state index contributed by atoms with van der Waals surface area (Å²) in [6.07, 6.45) is 2.57. The maximum Gasteiger partial charge on any atom is 0.161 e. The van der Waals surface area contributed by atoms with Crippen LogP contribution in [0.2, 0.25) is 0 Å². The van der Waals surface area contributed by atoms with Gasteiger partial charge in [0.2, 0.25) is 0 Å². The SMILES string of the molecule is COc1cc2c(cc1OCCC[18F])CCN1C[C@@H](CN)[C@H](C)C[C@H]21. The second-order valence-electron chi connectivity index (χ2n) is 7.06. The van der Waals surface area contributed by atoms with Gasteiger partial charge in [-0.3, -0.25) is 9.29 Å². The molecule has 0 radical (unpaired) electrons. The van der Waals surface area contributed by atoms with Gasteiger partial charge in [-0.15, -0.1) is 0 Å². The van der Waals surface area contributed by atoms with E-state index < -0.39 is 0 Å². The number of piperidine rings is 1. The number of hydrogen-bond donors (Lipinski definition) is 1. The summed E-state index contributed by atoms with van der Waals surface area (Å²) in [5.74, 6) is 2.71. The first-order valence-corrected chi connectivity index (χ1v) is 9.01. The Morgan fingerprint density at radius 3 is 2.88 bits per heavy atom. The number of hydrogen-bond acceptors (Lipinski definition) is 4. The monoisotopic (exact) mass is 335 g/mol. The van der Waals surface area contributed by atoms with Crippen LogP contribution in [0.3, 0.4) is 0 Å². The van der Waals surface area contributed by atoms with Crippen molar-refractivity contribution in [1.29, 1.82) is 0 Å². The van der Waals surface area contributed by atoms with Gasteiger partial charge in [0, 0.05) is 25.6 Å². The molecule has 1 aromatic carbocycles. The van der Waals surface area contributed by atoms with E-state index in [2.05, 4.69) is 24.0 Å². The minimum absolute atomic E-state index is 0.357. The van der Waals surface area contributed by atoms with Crippen LogP contribution in [0, 0.1) is 11.8 Å². The quantitative estimate of drug-likeness (QED) is 0.812. The molecule has 0 saturated carbocycles. The number of methoxy groups -OCH3 is 1. The molecule has 0 amide bonds. The van der Waals surface area contributed by atoms with Crippen molar-refractivity contribution < 1.29 is 13.9 Å². The van der Waals surface area contributed by atoms with E-state index in [1.165, 1.54) is 11.1 Å². The van der Waals surface area contributed by atoms with Crippen LogP contribution in [0.1, 0.15) is 36.9 Å². The smallest absolute Gasteiger partial charge is 0.161 e. The van der Waals surface area contributed by atoms with E-state index >= 15 is 0 Å². The molecular weight excluding hydrogens is 306 g/mol. The second-order valence-corrected chi connectivity index (χ2v) is 7.06. The van der Waals surface area contributed by atoms with E-state index in [1.807, 2.05) is 0 Å². The molecule has 1 fully saturated rings. The van der Waals surface area contributed by atoms with Gasteiger partial charge < -0.3 is 15.2 Å². The van der Waals surface area contributed by atoms with Crippen molar-refractivity contribution in [3.05, 3.63) is 23.3 Å². The molecule has 3 rings (SSSR count). The molecular formula is C19H29FN2O2. The molecule has 2 N–H and O–H groups in total. The standard InChI is InChI=1S/C19H29FN2O2/c1-13-8-17-16-10-18(23-2)19(24-7-3-5-20)9-14(16)4-6-22(17)12-15(13)11-21/h9-10,13,15,17H,3-8,11-12,21H2,1-2H3/t13-,15-,17-/m1/s1/i20-1. The van der Waals surface area contributed by atoms with Crippen LogP contribution in [0.5, 0.6) is 11.5 Å². The van der Waals surface area contributed by atoms with Gasteiger partial charge in [0.1, 0.15) is 0 Å². The number of rotatable bonds is 6. The van der Waals surface area contributed by atoms with Crippen LogP contribution >= 0.6 is 0 Å². The molecule has 2 heterocycles. The minimum atomic E-state index is -0.357. The van der Waals surface area contributed by atoms with E-state index in [1.54, 1.807) is 7.11 Å². The predicted molar refractivity (Wildman–Crippen MR) is 93.4 cm³/mol. The first-order valence-electron chi connectivity index (χ1n) is 9.01. The van der Waals surface area contributed by atoms with Crippen molar-refractivity contribution in [1.82, 2.24) is 4.90 Å². The molecule has 0 unspecified atom stereocenters. The highest BCUT2D eigenvalue weighted by Gasteiger charge is 2.37. The van der Waals surface area contributed by atoms with Crippen molar-refractivity contribution in [3.8, 4) is 11.5 Å². The van der Waals surface area contributed by atoms with Crippen LogP contribution in [0.15, 0.2) is 12.1 Å². The van der Waals surface area contributed by atoms with Crippen molar-refractivity contribution in [2.75, 3.05) is 40.0 Å². The number of alkyl halides is 1. The van der Waals surface area contributed by atoms with Crippen LogP contribution in [-0.2, 0) is 6.42 Å². The van der Waals surface area contributed by atoms with E-state index in [0.29, 0.717) is 30.9 Å². The van der Waals surface area contributed by atoms with Gasteiger partial charge in [-0.2, -0.15) is 0 Å². The topological polar surface area (TPSA) is 47.7 Å². The summed E-state index contributed by atoms with van der Waals surface area (Å²) in [4.78, 5) is 2.57. The van der Waals surface area contributed by atoms with Crippen molar-refractivity contribution in [2.45, 2.75) is 32.2 Å². The molecule has 0 aromatic heterocycles. The van der Waals surface area contributed by atoms with E-state index in [4.69, 9.17) is 15.2 Å². The molecule has 1 saturated heterocycles. The Morgan fingerprint density at radius 1 is 1.33 bits per heavy atom. The fourth-order valence-electron chi connectivity index (χ4n) is 4.10. The van der Waals surface area contributed by atoms with E-state index in [9.17, 15) is 4.39 Å². The summed E-state index contributed by atoms with van der Waals surface area (Å²) in [6.45, 7) is 5.26. The molecule has 0 spiro atoms. The Kier molecular flexibility index (Phi) is 5.61. The number of halogens is 1. The van der Waals surface area contributed by atoms with Crippen LogP contribution in [0.25, 0.3) is 0 Å². The Balaban J connectivity index is 1.85. The normalized spacial score (nSPS) is 26.6. The zero-order valence-corrected chi connectivity index (χ0v) is 14.8. The van der Waals surface area contributed by atoms with Crippen LogP contribution in [-0.4, -0.2) is 44.9 Å². The number of benzene rings is 1. The van der Waals surface area contributed by atoms with Gasteiger partial charge >= 0.3 is 0 Å². The highest BCUT2D eigenvalue weighted by molar-refractivity contribution is 5.49. The maximum absolute atomic E-state index is 12.3. The fraction of sp³-hybridized carbons (Fsp3) is 0.684. The number of ether oxygens (including phenoxy) is 2. The van der Waals surface area contributed by atoms with Gasteiger partial charge in [0.15, 0.2) is 11.5 Å². The third kappa shape index (κ3) is 3.38. The van der Waals surface area contributed by atoms with E-state index in [-0.39, 0.29) is 6.67 Å². The molecule has 2 aliphatic heterocycles. The molecule has 134 valence electrons. The third-order valence-corrected chi connectivity index (χ3v) is 5.60. The first-order chi connectivity index (χ1) is 11.7. The molecule has 3 atom stereocenters. The summed E-state index contributed by atoms with van der Waals surface area (Å²) in [5, 5.41) is 0. The van der Waals surface area contributed by atoms with Crippen molar-refractivity contribution in [2.24, 2.45) is 17.6 Å². The number of nitrogens with zero attached hydrogens (tertiary/aromatic N) is 1. The Bertz CT molecular complexity index is 567. The van der Waals surface area contributed by atoms with Gasteiger partial charge in [-0.1, -0.05) is 6.92 Å². The predicted octanol–water partition coefficient (Wildman–Crippen LogP) is 2.95. The summed E-state index contributed by atoms with van der Waals surface area (Å²) in [6, 6.07) is 4.68. The zero-order chi connectivity index (χ0) is 17.1. The third-order valence-electron chi connectivity index (χ3n) is 5.60. The van der Waals surface area contributed by atoms with Crippen LogP contribution < -0.4 is 15.2 Å². The molecule has 24 heavy (non-hydrogen) atoms. The lowest BCUT2D eigenvalue weighted by molar-refractivity contribution is 0.0642. The highest BCUT2D eigenvalue weighted by atomic mass is 18.2. The van der Waals surface area contributed by atoms with Crippen molar-refractivity contribution >= 4 is 0 Å². The molecule has 4 nitrogen and oxygen atoms in total. The van der Waals surface area contributed by atoms with E-state index in [0.717, 1.165) is 44.0 Å². The lowest BCUT2D eigenvalue weighted by atomic mass is 9.77. The lowest BCUT2D eigenvalue weighted by Gasteiger charge is -2.46. The largest absolute Gasteiger partial charge is 0.493 e. The molecule has 2 aliphatic rings. The van der Waals surface area contributed by atoms with Crippen molar-refractivity contribution in [3.63, 3.8) is 0 Å². The van der Waals surface area contributed by atoms with Crippen LogP contribution in [0.4, 0.5) is 4.39 Å². The molecule has 1 aromatic rings. The lowest BCUT2D eigenvalue weighted by Crippen LogP contribution is -2.47. The molecule has 5 heteroatoms. The van der Waals surface area contributed by atoms with Gasteiger partial charge in [-0.25, -0.2) is 0 Å². The average molecular weight is 335 g/mol. The second kappa shape index (κ2) is 7.70. The summed E-state index contributed by atoms with van der Waals surface area (Å²) < 4.78 is 23.6. The molecule has 0 aliphatic carbocycles. The average Bonchev–Trinajstić information content (AvgIpc) is 2.60. The summed E-state index contributed by atoms with van der Waals surface area (Å²) in [5.41, 5.74) is 8.64. The minimum Gasteiger partial charge on any atom is -0.493 e. The fourth-order valence-corrected chi connectivity index (χ4v) is 4.10. The number of fused-ring (bicyclic) bond motifs is 3. The summed E-state index contributed by atoms with van der Waals surface area (Å²) in [7, 11) is 1.66. The number of nitrogens with two attached hydrogens (primary N) is 1. The Morgan fingerprint density at radius 2 is 2.17 bits per heavy atom. The highest BCUT2D eigenvalue weighted by Crippen LogP contribution is 2.44. The zero-order valence-electron chi connectivity index (χ0n) is 14.8. The Hall–Kier alpha value is -1.33.